The molecular weight excluding hydrogens is 247 g/mol. The average Bonchev–Trinajstić information content (AvgIpc) is 2.38. The lowest BCUT2D eigenvalue weighted by Gasteiger charge is -2.33. The maximum absolute atomic E-state index is 12.4. The topological polar surface area (TPSA) is 51.4 Å². The Morgan fingerprint density at radius 3 is 2.78 bits per heavy atom. The number of pyridine rings is 1. The summed E-state index contributed by atoms with van der Waals surface area (Å²) in [7, 11) is 0. The van der Waals surface area contributed by atoms with E-state index in [0.29, 0.717) is 32.1 Å². The van der Waals surface area contributed by atoms with E-state index in [1.165, 1.54) is 6.07 Å². The number of hydrogen-bond donors (Lipinski definition) is 1. The third-order valence-corrected chi connectivity index (χ3v) is 2.80. The van der Waals surface area contributed by atoms with E-state index in [-0.39, 0.29) is 6.10 Å². The molecule has 1 saturated heterocycles. The molecule has 18 heavy (non-hydrogen) atoms. The molecule has 1 aromatic heterocycles. The van der Waals surface area contributed by atoms with Gasteiger partial charge in [-0.1, -0.05) is 0 Å². The van der Waals surface area contributed by atoms with Gasteiger partial charge in [-0.3, -0.25) is 0 Å². The van der Waals surface area contributed by atoms with Crippen LogP contribution in [0.5, 0.6) is 0 Å². The number of morpholine rings is 1. The third kappa shape index (κ3) is 2.91. The van der Waals surface area contributed by atoms with E-state index in [4.69, 9.17) is 10.5 Å². The first-order valence-electron chi connectivity index (χ1n) is 5.60. The van der Waals surface area contributed by atoms with Crippen LogP contribution in [0.15, 0.2) is 18.3 Å². The molecule has 100 valence electrons. The second-order valence-electron chi connectivity index (χ2n) is 4.08. The van der Waals surface area contributed by atoms with Crippen molar-refractivity contribution in [3.8, 4) is 0 Å². The van der Waals surface area contributed by atoms with Crippen LogP contribution in [0.2, 0.25) is 0 Å². The van der Waals surface area contributed by atoms with Crippen molar-refractivity contribution in [2.24, 2.45) is 5.73 Å². The zero-order valence-corrected chi connectivity index (χ0v) is 9.65. The standard InChI is InChI=1S/C11H14F3N3O/c12-11(13,14)8-1-2-10(16-6-8)17-3-4-18-9(5-15)7-17/h1-2,6,9H,3-5,7,15H2/t9-/m1/s1. The van der Waals surface area contributed by atoms with Gasteiger partial charge in [0.15, 0.2) is 0 Å². The molecule has 1 aromatic rings. The Bertz CT molecular complexity index is 394. The van der Waals surface area contributed by atoms with Crippen LogP contribution in [-0.4, -0.2) is 37.3 Å². The number of anilines is 1. The molecule has 1 fully saturated rings. The summed E-state index contributed by atoms with van der Waals surface area (Å²) in [6.07, 6.45) is -3.60. The number of halogens is 3. The molecular formula is C11H14F3N3O. The van der Waals surface area contributed by atoms with Gasteiger partial charge in [-0.2, -0.15) is 13.2 Å². The summed E-state index contributed by atoms with van der Waals surface area (Å²) in [6.45, 7) is 2.05. The van der Waals surface area contributed by atoms with Crippen LogP contribution in [0.1, 0.15) is 5.56 Å². The maximum Gasteiger partial charge on any atom is 0.417 e. The molecule has 0 aromatic carbocycles. The highest BCUT2D eigenvalue weighted by Gasteiger charge is 2.31. The Morgan fingerprint density at radius 1 is 1.44 bits per heavy atom. The van der Waals surface area contributed by atoms with Crippen molar-refractivity contribution in [2.45, 2.75) is 12.3 Å². The second-order valence-corrected chi connectivity index (χ2v) is 4.08. The van der Waals surface area contributed by atoms with Gasteiger partial charge in [0.05, 0.1) is 18.3 Å². The number of alkyl halides is 3. The lowest BCUT2D eigenvalue weighted by Crippen LogP contribution is -2.46. The van der Waals surface area contributed by atoms with E-state index in [9.17, 15) is 13.2 Å². The summed E-state index contributed by atoms with van der Waals surface area (Å²) in [5.41, 5.74) is 4.76. The van der Waals surface area contributed by atoms with E-state index >= 15 is 0 Å². The molecule has 0 aliphatic carbocycles. The van der Waals surface area contributed by atoms with Crippen molar-refractivity contribution in [2.75, 3.05) is 31.1 Å². The fourth-order valence-corrected chi connectivity index (χ4v) is 1.81. The summed E-state index contributed by atoms with van der Waals surface area (Å²) in [4.78, 5) is 5.72. The van der Waals surface area contributed by atoms with Gasteiger partial charge >= 0.3 is 6.18 Å². The van der Waals surface area contributed by atoms with Crippen molar-refractivity contribution < 1.29 is 17.9 Å². The predicted octanol–water partition coefficient (Wildman–Crippen LogP) is 1.26. The largest absolute Gasteiger partial charge is 0.417 e. The minimum atomic E-state index is -4.35. The molecule has 0 saturated carbocycles. The molecule has 1 aliphatic rings. The zero-order chi connectivity index (χ0) is 13.2. The lowest BCUT2D eigenvalue weighted by atomic mass is 10.2. The van der Waals surface area contributed by atoms with Gasteiger partial charge in [-0.25, -0.2) is 4.98 Å². The van der Waals surface area contributed by atoms with Crippen molar-refractivity contribution in [1.29, 1.82) is 0 Å². The van der Waals surface area contributed by atoms with Crippen molar-refractivity contribution in [1.82, 2.24) is 4.98 Å². The molecule has 2 heterocycles. The summed E-state index contributed by atoms with van der Waals surface area (Å²) in [6, 6.07) is 2.41. The van der Waals surface area contributed by atoms with Crippen LogP contribution < -0.4 is 10.6 Å². The normalized spacial score (nSPS) is 21.1. The summed E-state index contributed by atoms with van der Waals surface area (Å²) in [5.74, 6) is 0.518. The SMILES string of the molecule is NC[C@@H]1CN(c2ccc(C(F)(F)F)cn2)CCO1. The van der Waals surface area contributed by atoms with Crippen LogP contribution in [0.3, 0.4) is 0 Å². The highest BCUT2D eigenvalue weighted by atomic mass is 19.4. The molecule has 0 bridgehead atoms. The van der Waals surface area contributed by atoms with Gasteiger partial charge in [0, 0.05) is 25.8 Å². The molecule has 2 rings (SSSR count). The highest BCUT2D eigenvalue weighted by molar-refractivity contribution is 5.40. The number of hydrogen-bond acceptors (Lipinski definition) is 4. The molecule has 1 atom stereocenters. The lowest BCUT2D eigenvalue weighted by molar-refractivity contribution is -0.137. The molecule has 7 heteroatoms. The summed E-state index contributed by atoms with van der Waals surface area (Å²) >= 11 is 0. The Balaban J connectivity index is 2.09. The Hall–Kier alpha value is -1.34. The van der Waals surface area contributed by atoms with E-state index < -0.39 is 11.7 Å². The van der Waals surface area contributed by atoms with Crippen LogP contribution in [0.4, 0.5) is 19.0 Å². The van der Waals surface area contributed by atoms with Gasteiger partial charge in [0.2, 0.25) is 0 Å². The summed E-state index contributed by atoms with van der Waals surface area (Å²) < 4.78 is 42.5. The minimum absolute atomic E-state index is 0.0946. The first-order chi connectivity index (χ1) is 8.50. The molecule has 0 spiro atoms. The quantitative estimate of drug-likeness (QED) is 0.871. The Morgan fingerprint density at radius 2 is 2.22 bits per heavy atom. The molecule has 0 unspecified atom stereocenters. The fraction of sp³-hybridized carbons (Fsp3) is 0.545. The van der Waals surface area contributed by atoms with Crippen molar-refractivity contribution in [3.05, 3.63) is 23.9 Å². The van der Waals surface area contributed by atoms with Crippen LogP contribution in [0.25, 0.3) is 0 Å². The van der Waals surface area contributed by atoms with E-state index in [1.54, 1.807) is 0 Å². The van der Waals surface area contributed by atoms with Gasteiger partial charge in [0.25, 0.3) is 0 Å². The molecule has 0 radical (unpaired) electrons. The number of ether oxygens (including phenoxy) is 1. The van der Waals surface area contributed by atoms with E-state index in [2.05, 4.69) is 4.98 Å². The average molecular weight is 261 g/mol. The molecule has 1 aliphatic heterocycles. The minimum Gasteiger partial charge on any atom is -0.373 e. The number of nitrogens with zero attached hydrogens (tertiary/aromatic N) is 2. The van der Waals surface area contributed by atoms with Crippen molar-refractivity contribution >= 4 is 5.82 Å². The van der Waals surface area contributed by atoms with Crippen LogP contribution in [0, 0.1) is 0 Å². The number of aromatic nitrogens is 1. The van der Waals surface area contributed by atoms with E-state index in [1.807, 2.05) is 4.90 Å². The van der Waals surface area contributed by atoms with Gasteiger partial charge in [-0.05, 0) is 12.1 Å². The van der Waals surface area contributed by atoms with Crippen LogP contribution >= 0.6 is 0 Å². The Kier molecular flexibility index (Phi) is 3.72. The van der Waals surface area contributed by atoms with E-state index in [0.717, 1.165) is 12.3 Å². The van der Waals surface area contributed by atoms with Gasteiger partial charge in [-0.15, -0.1) is 0 Å². The molecule has 0 amide bonds. The van der Waals surface area contributed by atoms with Crippen LogP contribution in [-0.2, 0) is 10.9 Å². The van der Waals surface area contributed by atoms with Gasteiger partial charge < -0.3 is 15.4 Å². The molecule has 2 N–H and O–H groups in total. The zero-order valence-electron chi connectivity index (χ0n) is 9.65. The molecule has 4 nitrogen and oxygen atoms in total. The summed E-state index contributed by atoms with van der Waals surface area (Å²) in [5, 5.41) is 0. The number of rotatable bonds is 2. The highest BCUT2D eigenvalue weighted by Crippen LogP contribution is 2.29. The first-order valence-corrected chi connectivity index (χ1v) is 5.60. The number of nitrogens with two attached hydrogens (primary N) is 1. The van der Waals surface area contributed by atoms with Crippen molar-refractivity contribution in [3.63, 3.8) is 0 Å². The third-order valence-electron chi connectivity index (χ3n) is 2.80. The Labute approximate surface area is 103 Å². The monoisotopic (exact) mass is 261 g/mol. The smallest absolute Gasteiger partial charge is 0.373 e. The van der Waals surface area contributed by atoms with Gasteiger partial charge in [0.1, 0.15) is 5.82 Å². The predicted molar refractivity (Wildman–Crippen MR) is 60.2 cm³/mol. The maximum atomic E-state index is 12.4. The first kappa shape index (κ1) is 13.1. The second kappa shape index (κ2) is 5.11. The fourth-order valence-electron chi connectivity index (χ4n) is 1.81.